The average molecular weight is 346 g/mol. The number of benzene rings is 1. The van der Waals surface area contributed by atoms with E-state index in [0.717, 1.165) is 12.1 Å². The highest BCUT2D eigenvalue weighted by Gasteiger charge is 2.30. The second-order valence-corrected chi connectivity index (χ2v) is 5.06. The molecule has 0 atom stereocenters. The monoisotopic (exact) mass is 346 g/mol. The summed E-state index contributed by atoms with van der Waals surface area (Å²) in [5, 5.41) is 0. The van der Waals surface area contributed by atoms with Crippen molar-refractivity contribution in [1.82, 2.24) is 9.97 Å². The fourth-order valence-electron chi connectivity index (χ4n) is 2.17. The highest BCUT2D eigenvalue weighted by atomic mass is 19.4. The van der Waals surface area contributed by atoms with E-state index in [-0.39, 0.29) is 5.75 Å². The lowest BCUT2D eigenvalue weighted by atomic mass is 10.1. The quantitative estimate of drug-likeness (QED) is 0.669. The number of pyridine rings is 2. The second kappa shape index (κ2) is 6.80. The molecule has 3 aromatic rings. The van der Waals surface area contributed by atoms with Crippen LogP contribution in [0, 0.1) is 0 Å². The van der Waals surface area contributed by atoms with Crippen LogP contribution in [-0.4, -0.2) is 17.1 Å². The minimum absolute atomic E-state index is 0.281. The summed E-state index contributed by atoms with van der Waals surface area (Å²) >= 11 is 0. The Morgan fingerprint density at radius 1 is 0.920 bits per heavy atom. The van der Waals surface area contributed by atoms with Gasteiger partial charge in [-0.1, -0.05) is 0 Å². The van der Waals surface area contributed by atoms with Gasteiger partial charge >= 0.3 is 6.18 Å². The van der Waals surface area contributed by atoms with Crippen molar-refractivity contribution in [2.75, 3.05) is 7.11 Å². The molecule has 3 rings (SSSR count). The first kappa shape index (κ1) is 16.8. The Bertz CT molecular complexity index is 847. The van der Waals surface area contributed by atoms with Crippen molar-refractivity contribution in [3.8, 4) is 28.6 Å². The van der Waals surface area contributed by atoms with Crippen LogP contribution < -0.4 is 9.47 Å². The van der Waals surface area contributed by atoms with Crippen LogP contribution in [0.3, 0.4) is 0 Å². The number of ether oxygens (including phenoxy) is 2. The first-order valence-corrected chi connectivity index (χ1v) is 7.28. The predicted molar refractivity (Wildman–Crippen MR) is 85.5 cm³/mol. The van der Waals surface area contributed by atoms with E-state index in [1.807, 2.05) is 0 Å². The molecule has 0 radical (unpaired) electrons. The summed E-state index contributed by atoms with van der Waals surface area (Å²) in [6, 6.07) is 11.3. The summed E-state index contributed by atoms with van der Waals surface area (Å²) in [7, 11) is 1.52. The van der Waals surface area contributed by atoms with E-state index in [2.05, 4.69) is 9.97 Å². The highest BCUT2D eigenvalue weighted by Crippen LogP contribution is 2.34. The number of hydrogen-bond acceptors (Lipinski definition) is 4. The molecule has 0 saturated heterocycles. The molecule has 2 aromatic heterocycles. The van der Waals surface area contributed by atoms with Gasteiger partial charge in [-0.25, -0.2) is 4.98 Å². The molecule has 4 nitrogen and oxygen atoms in total. The van der Waals surface area contributed by atoms with Crippen molar-refractivity contribution in [2.45, 2.75) is 6.18 Å². The number of hydrogen-bond donors (Lipinski definition) is 0. The van der Waals surface area contributed by atoms with E-state index in [9.17, 15) is 13.2 Å². The van der Waals surface area contributed by atoms with Gasteiger partial charge in [-0.2, -0.15) is 13.2 Å². The third-order valence-corrected chi connectivity index (χ3v) is 3.40. The zero-order valence-electron chi connectivity index (χ0n) is 13.1. The zero-order chi connectivity index (χ0) is 17.9. The maximum atomic E-state index is 12.6. The van der Waals surface area contributed by atoms with Gasteiger partial charge in [-0.3, -0.25) is 4.98 Å². The molecule has 0 saturated carbocycles. The average Bonchev–Trinajstić information content (AvgIpc) is 2.62. The van der Waals surface area contributed by atoms with Gasteiger partial charge in [0.2, 0.25) is 5.88 Å². The predicted octanol–water partition coefficient (Wildman–Crippen LogP) is 4.96. The molecule has 0 bridgehead atoms. The molecule has 0 unspecified atom stereocenters. The number of methoxy groups -OCH3 is 1. The fraction of sp³-hybridized carbons (Fsp3) is 0.111. The van der Waals surface area contributed by atoms with Crippen molar-refractivity contribution in [1.29, 1.82) is 0 Å². The van der Waals surface area contributed by atoms with Crippen LogP contribution in [0.25, 0.3) is 11.3 Å². The number of aromatic nitrogens is 2. The van der Waals surface area contributed by atoms with Crippen molar-refractivity contribution < 1.29 is 22.6 Å². The summed E-state index contributed by atoms with van der Waals surface area (Å²) < 4.78 is 48.6. The standard InChI is InChI=1S/C18H13F3N2O2/c1-24-16-9-4-12(11-23-16)17-15(3-2-10-22-17)25-14-7-5-13(6-8-14)18(19,20)21/h2-11H,1H3. The van der Waals surface area contributed by atoms with Crippen LogP contribution in [0.15, 0.2) is 60.9 Å². The van der Waals surface area contributed by atoms with Crippen molar-refractivity contribution in [3.63, 3.8) is 0 Å². The third-order valence-electron chi connectivity index (χ3n) is 3.40. The molecule has 0 spiro atoms. The summed E-state index contributed by atoms with van der Waals surface area (Å²) in [4.78, 5) is 8.39. The molecule has 1 aromatic carbocycles. The lowest BCUT2D eigenvalue weighted by molar-refractivity contribution is -0.137. The smallest absolute Gasteiger partial charge is 0.416 e. The van der Waals surface area contributed by atoms with Gasteiger partial charge in [0.1, 0.15) is 11.4 Å². The molecule has 128 valence electrons. The molecule has 7 heteroatoms. The molecule has 2 heterocycles. The highest BCUT2D eigenvalue weighted by molar-refractivity contribution is 5.66. The maximum Gasteiger partial charge on any atom is 0.416 e. The Balaban J connectivity index is 1.88. The Labute approximate surface area is 141 Å². The zero-order valence-corrected chi connectivity index (χ0v) is 13.1. The number of alkyl halides is 3. The lowest BCUT2D eigenvalue weighted by Crippen LogP contribution is -2.04. The third kappa shape index (κ3) is 3.88. The van der Waals surface area contributed by atoms with Gasteiger partial charge < -0.3 is 9.47 Å². The van der Waals surface area contributed by atoms with Crippen LogP contribution in [0.4, 0.5) is 13.2 Å². The molecule has 0 aliphatic carbocycles. The van der Waals surface area contributed by atoms with E-state index in [1.54, 1.807) is 36.7 Å². The van der Waals surface area contributed by atoms with E-state index in [0.29, 0.717) is 22.9 Å². The van der Waals surface area contributed by atoms with Gasteiger partial charge in [-0.15, -0.1) is 0 Å². The minimum Gasteiger partial charge on any atom is -0.481 e. The first-order chi connectivity index (χ1) is 12.0. The van der Waals surface area contributed by atoms with Crippen LogP contribution in [0.5, 0.6) is 17.4 Å². The Morgan fingerprint density at radius 3 is 2.28 bits per heavy atom. The molecule has 0 amide bonds. The van der Waals surface area contributed by atoms with Gasteiger partial charge in [0, 0.05) is 24.0 Å². The van der Waals surface area contributed by atoms with Crippen LogP contribution >= 0.6 is 0 Å². The molecule has 25 heavy (non-hydrogen) atoms. The lowest BCUT2D eigenvalue weighted by Gasteiger charge is -2.11. The fourth-order valence-corrected chi connectivity index (χ4v) is 2.17. The van der Waals surface area contributed by atoms with Gasteiger partial charge in [0.25, 0.3) is 0 Å². The summed E-state index contributed by atoms with van der Waals surface area (Å²) in [5.74, 6) is 1.16. The topological polar surface area (TPSA) is 44.2 Å². The SMILES string of the molecule is COc1ccc(-c2ncccc2Oc2ccc(C(F)(F)F)cc2)cn1. The van der Waals surface area contributed by atoms with Crippen molar-refractivity contribution in [3.05, 3.63) is 66.5 Å². The van der Waals surface area contributed by atoms with Gasteiger partial charge in [0.05, 0.1) is 12.7 Å². The van der Waals surface area contributed by atoms with E-state index in [1.165, 1.54) is 19.2 Å². The largest absolute Gasteiger partial charge is 0.481 e. The molecule has 0 aliphatic rings. The van der Waals surface area contributed by atoms with E-state index < -0.39 is 11.7 Å². The normalized spacial score (nSPS) is 11.2. The number of rotatable bonds is 4. The minimum atomic E-state index is -4.38. The molecular formula is C18H13F3N2O2. The molecule has 0 fully saturated rings. The number of nitrogens with zero attached hydrogens (tertiary/aromatic N) is 2. The Hall–Kier alpha value is -3.09. The summed E-state index contributed by atoms with van der Waals surface area (Å²) in [6.45, 7) is 0. The summed E-state index contributed by atoms with van der Waals surface area (Å²) in [5.41, 5.74) is 0.492. The molecule has 0 N–H and O–H groups in total. The van der Waals surface area contributed by atoms with Crippen molar-refractivity contribution >= 4 is 0 Å². The van der Waals surface area contributed by atoms with Crippen molar-refractivity contribution in [2.24, 2.45) is 0 Å². The number of halogens is 3. The summed E-state index contributed by atoms with van der Waals surface area (Å²) in [6.07, 6.45) is -1.20. The van der Waals surface area contributed by atoms with Gasteiger partial charge in [-0.05, 0) is 42.5 Å². The Morgan fingerprint density at radius 2 is 1.68 bits per heavy atom. The van der Waals surface area contributed by atoms with E-state index in [4.69, 9.17) is 9.47 Å². The molecular weight excluding hydrogens is 333 g/mol. The van der Waals surface area contributed by atoms with Crippen LogP contribution in [-0.2, 0) is 6.18 Å². The maximum absolute atomic E-state index is 12.6. The van der Waals surface area contributed by atoms with E-state index >= 15 is 0 Å². The Kier molecular flexibility index (Phi) is 4.56. The van der Waals surface area contributed by atoms with Crippen LogP contribution in [0.1, 0.15) is 5.56 Å². The molecule has 0 aliphatic heterocycles. The first-order valence-electron chi connectivity index (χ1n) is 7.28. The van der Waals surface area contributed by atoms with Crippen LogP contribution in [0.2, 0.25) is 0 Å². The second-order valence-electron chi connectivity index (χ2n) is 5.06. The van der Waals surface area contributed by atoms with Gasteiger partial charge in [0.15, 0.2) is 5.75 Å².